The van der Waals surface area contributed by atoms with Crippen molar-refractivity contribution < 1.29 is 9.18 Å². The highest BCUT2D eigenvalue weighted by atomic mass is 79.9. The average Bonchev–Trinajstić information content (AvgIpc) is 2.94. The van der Waals surface area contributed by atoms with Gasteiger partial charge in [0, 0.05) is 22.5 Å². The lowest BCUT2D eigenvalue weighted by Crippen LogP contribution is -2.26. The van der Waals surface area contributed by atoms with Gasteiger partial charge in [-0.15, -0.1) is 0 Å². The molecule has 2 nitrogen and oxygen atoms in total. The van der Waals surface area contributed by atoms with E-state index in [-0.39, 0.29) is 5.91 Å². The standard InChI is InChI=1S/C14H13BrFNOS2/c15-13-2-1-11(16)7-12(13)14(18)17-4-6-20-9-10-3-5-19-8-10/h1-3,5,7-8H,4,6,9H2,(H,17,18). The predicted molar refractivity (Wildman–Crippen MR) is 86.9 cm³/mol. The van der Waals surface area contributed by atoms with Crippen molar-refractivity contribution in [2.24, 2.45) is 0 Å². The Labute approximate surface area is 133 Å². The van der Waals surface area contributed by atoms with Gasteiger partial charge in [0.25, 0.3) is 5.91 Å². The molecule has 0 fully saturated rings. The van der Waals surface area contributed by atoms with E-state index in [0.717, 1.165) is 11.5 Å². The van der Waals surface area contributed by atoms with E-state index in [1.165, 1.54) is 23.8 Å². The van der Waals surface area contributed by atoms with E-state index in [0.29, 0.717) is 16.6 Å². The number of carbonyl (C=O) groups excluding carboxylic acids is 1. The number of halogens is 2. The zero-order valence-corrected chi connectivity index (χ0v) is 13.8. The molecule has 0 aliphatic heterocycles. The molecule has 0 saturated carbocycles. The fourth-order valence-corrected chi connectivity index (χ4v) is 3.58. The number of hydrogen-bond donors (Lipinski definition) is 1. The highest BCUT2D eigenvalue weighted by Crippen LogP contribution is 2.18. The summed E-state index contributed by atoms with van der Waals surface area (Å²) in [5, 5.41) is 6.97. The van der Waals surface area contributed by atoms with Crippen LogP contribution in [0.1, 0.15) is 15.9 Å². The van der Waals surface area contributed by atoms with E-state index < -0.39 is 5.82 Å². The van der Waals surface area contributed by atoms with Crippen LogP contribution in [-0.2, 0) is 5.75 Å². The van der Waals surface area contributed by atoms with Gasteiger partial charge in [-0.3, -0.25) is 4.79 Å². The molecule has 6 heteroatoms. The number of carbonyl (C=O) groups is 1. The molecule has 0 aliphatic carbocycles. The molecule has 1 N–H and O–H groups in total. The molecule has 2 aromatic rings. The second kappa shape index (κ2) is 7.81. The third-order valence-corrected chi connectivity index (χ3v) is 5.01. The van der Waals surface area contributed by atoms with Crippen molar-refractivity contribution in [2.45, 2.75) is 5.75 Å². The molecule has 1 amide bonds. The minimum Gasteiger partial charge on any atom is -0.351 e. The molecule has 0 unspecified atom stereocenters. The van der Waals surface area contributed by atoms with Crippen LogP contribution in [0.15, 0.2) is 39.5 Å². The second-order valence-electron chi connectivity index (χ2n) is 4.06. The van der Waals surface area contributed by atoms with Crippen molar-refractivity contribution in [3.63, 3.8) is 0 Å². The number of nitrogens with one attached hydrogen (secondary N) is 1. The number of rotatable bonds is 6. The Morgan fingerprint density at radius 1 is 1.40 bits per heavy atom. The summed E-state index contributed by atoms with van der Waals surface area (Å²) in [5.41, 5.74) is 1.63. The summed E-state index contributed by atoms with van der Waals surface area (Å²) in [6.45, 7) is 0.566. The summed E-state index contributed by atoms with van der Waals surface area (Å²) in [7, 11) is 0. The third kappa shape index (κ3) is 4.61. The first kappa shape index (κ1) is 15.5. The molecule has 2 rings (SSSR count). The molecule has 1 heterocycles. The molecule has 0 saturated heterocycles. The van der Waals surface area contributed by atoms with Gasteiger partial charge in [-0.2, -0.15) is 23.1 Å². The first-order valence-corrected chi connectivity index (χ1v) is 8.88. The van der Waals surface area contributed by atoms with Crippen molar-refractivity contribution in [3.05, 3.63) is 56.4 Å². The Kier molecular flexibility index (Phi) is 6.06. The quantitative estimate of drug-likeness (QED) is 0.764. The lowest BCUT2D eigenvalue weighted by Gasteiger charge is -2.06. The maximum absolute atomic E-state index is 13.1. The minimum atomic E-state index is -0.412. The van der Waals surface area contributed by atoms with E-state index in [2.05, 4.69) is 38.1 Å². The molecular formula is C14H13BrFNOS2. The van der Waals surface area contributed by atoms with Crippen LogP contribution < -0.4 is 5.32 Å². The number of benzene rings is 1. The Morgan fingerprint density at radius 2 is 2.25 bits per heavy atom. The van der Waals surface area contributed by atoms with Crippen molar-refractivity contribution in [1.82, 2.24) is 5.32 Å². The van der Waals surface area contributed by atoms with Crippen LogP contribution in [0, 0.1) is 5.82 Å². The topological polar surface area (TPSA) is 29.1 Å². The van der Waals surface area contributed by atoms with Gasteiger partial charge in [-0.1, -0.05) is 0 Å². The fourth-order valence-electron chi connectivity index (χ4n) is 1.57. The maximum Gasteiger partial charge on any atom is 0.252 e. The summed E-state index contributed by atoms with van der Waals surface area (Å²) >= 11 is 6.69. The van der Waals surface area contributed by atoms with Crippen LogP contribution in [0.3, 0.4) is 0 Å². The summed E-state index contributed by atoms with van der Waals surface area (Å²) in [6.07, 6.45) is 0. The van der Waals surface area contributed by atoms with Gasteiger partial charge in [0.05, 0.1) is 5.56 Å². The third-order valence-electron chi connectivity index (χ3n) is 2.55. The van der Waals surface area contributed by atoms with Crippen LogP contribution in [-0.4, -0.2) is 18.2 Å². The van der Waals surface area contributed by atoms with Crippen LogP contribution >= 0.6 is 39.0 Å². The van der Waals surface area contributed by atoms with Crippen LogP contribution in [0.25, 0.3) is 0 Å². The lowest BCUT2D eigenvalue weighted by atomic mass is 10.2. The molecule has 0 spiro atoms. The first-order chi connectivity index (χ1) is 9.66. The summed E-state index contributed by atoms with van der Waals surface area (Å²) in [5.74, 6) is 1.11. The Hall–Kier alpha value is -0.850. The number of thiophene rings is 1. The largest absolute Gasteiger partial charge is 0.351 e. The molecule has 0 bridgehead atoms. The molecule has 1 aromatic carbocycles. The fraction of sp³-hybridized carbons (Fsp3) is 0.214. The zero-order chi connectivity index (χ0) is 14.4. The van der Waals surface area contributed by atoms with Crippen molar-refractivity contribution in [1.29, 1.82) is 0 Å². The van der Waals surface area contributed by atoms with Crippen molar-refractivity contribution in [2.75, 3.05) is 12.3 Å². The SMILES string of the molecule is O=C(NCCSCc1ccsc1)c1cc(F)ccc1Br. The van der Waals surface area contributed by atoms with Crippen LogP contribution in [0.4, 0.5) is 4.39 Å². The maximum atomic E-state index is 13.1. The van der Waals surface area contributed by atoms with E-state index in [1.807, 2.05) is 0 Å². The molecule has 0 radical (unpaired) electrons. The van der Waals surface area contributed by atoms with Crippen LogP contribution in [0.5, 0.6) is 0 Å². The smallest absolute Gasteiger partial charge is 0.252 e. The Morgan fingerprint density at radius 3 is 3.00 bits per heavy atom. The van der Waals surface area contributed by atoms with Gasteiger partial charge in [0.1, 0.15) is 5.82 Å². The normalized spacial score (nSPS) is 10.5. The van der Waals surface area contributed by atoms with Gasteiger partial charge in [-0.25, -0.2) is 4.39 Å². The van der Waals surface area contributed by atoms with Crippen molar-refractivity contribution >= 4 is 44.9 Å². The summed E-state index contributed by atoms with van der Waals surface area (Å²) < 4.78 is 13.7. The molecule has 106 valence electrons. The average molecular weight is 374 g/mol. The number of hydrogen-bond acceptors (Lipinski definition) is 3. The van der Waals surface area contributed by atoms with E-state index in [9.17, 15) is 9.18 Å². The zero-order valence-electron chi connectivity index (χ0n) is 10.6. The monoisotopic (exact) mass is 373 g/mol. The lowest BCUT2D eigenvalue weighted by molar-refractivity contribution is 0.0955. The first-order valence-electron chi connectivity index (χ1n) is 5.99. The summed E-state index contributed by atoms with van der Waals surface area (Å²) in [4.78, 5) is 11.9. The van der Waals surface area contributed by atoms with Gasteiger partial charge in [-0.05, 0) is 56.5 Å². The highest BCUT2D eigenvalue weighted by molar-refractivity contribution is 9.10. The van der Waals surface area contributed by atoms with Crippen LogP contribution in [0.2, 0.25) is 0 Å². The Bertz CT molecular complexity index is 575. The Balaban J connectivity index is 1.73. The molecule has 1 aromatic heterocycles. The molecule has 0 atom stereocenters. The molecule has 0 aliphatic rings. The van der Waals surface area contributed by atoms with Gasteiger partial charge >= 0.3 is 0 Å². The molecular weight excluding hydrogens is 361 g/mol. The van der Waals surface area contributed by atoms with Gasteiger partial charge < -0.3 is 5.32 Å². The van der Waals surface area contributed by atoms with Crippen molar-refractivity contribution in [3.8, 4) is 0 Å². The highest BCUT2D eigenvalue weighted by Gasteiger charge is 2.10. The predicted octanol–water partition coefficient (Wildman–Crippen LogP) is 4.31. The van der Waals surface area contributed by atoms with E-state index >= 15 is 0 Å². The second-order valence-corrected chi connectivity index (χ2v) is 6.80. The summed E-state index contributed by atoms with van der Waals surface area (Å²) in [6, 6.07) is 6.19. The van der Waals surface area contributed by atoms with Gasteiger partial charge in [0.15, 0.2) is 0 Å². The minimum absolute atomic E-state index is 0.257. The number of thioether (sulfide) groups is 1. The van der Waals surface area contributed by atoms with E-state index in [1.54, 1.807) is 23.1 Å². The number of amides is 1. The van der Waals surface area contributed by atoms with E-state index in [4.69, 9.17) is 0 Å². The molecule has 20 heavy (non-hydrogen) atoms. The van der Waals surface area contributed by atoms with Gasteiger partial charge in [0.2, 0.25) is 0 Å².